The molecule has 2 aromatic rings. The van der Waals surface area contributed by atoms with E-state index in [4.69, 9.17) is 0 Å². The molecule has 106 valence electrons. The molecule has 4 nitrogen and oxygen atoms in total. The van der Waals surface area contributed by atoms with Gasteiger partial charge in [-0.1, -0.05) is 12.1 Å². The van der Waals surface area contributed by atoms with Gasteiger partial charge in [0, 0.05) is 18.1 Å². The summed E-state index contributed by atoms with van der Waals surface area (Å²) in [7, 11) is 0. The summed E-state index contributed by atoms with van der Waals surface area (Å²) in [6.07, 6.45) is 5.09. The molecule has 7 heteroatoms. The lowest BCUT2D eigenvalue weighted by Gasteiger charge is -2.16. The van der Waals surface area contributed by atoms with E-state index in [1.165, 1.54) is 0 Å². The molecule has 1 heterocycles. The van der Waals surface area contributed by atoms with Gasteiger partial charge in [-0.25, -0.2) is 4.98 Å². The van der Waals surface area contributed by atoms with Gasteiger partial charge in [-0.2, -0.15) is 8.78 Å². The minimum atomic E-state index is -3.90. The van der Waals surface area contributed by atoms with Gasteiger partial charge in [0.25, 0.3) is 0 Å². The zero-order valence-electron chi connectivity index (χ0n) is 10.6. The van der Waals surface area contributed by atoms with Gasteiger partial charge in [-0.15, -0.1) is 0 Å². The Bertz CT molecular complexity index is 579. The molecule has 0 fully saturated rings. The van der Waals surface area contributed by atoms with Gasteiger partial charge < -0.3 is 9.88 Å². The average molecular weight is 300 g/mol. The van der Waals surface area contributed by atoms with Gasteiger partial charge in [0.05, 0.1) is 12.4 Å². The van der Waals surface area contributed by atoms with Crippen molar-refractivity contribution in [1.82, 2.24) is 14.9 Å². The Morgan fingerprint density at radius 3 is 2.55 bits per heavy atom. The van der Waals surface area contributed by atoms with E-state index >= 15 is 0 Å². The van der Waals surface area contributed by atoms with Crippen LogP contribution in [0.1, 0.15) is 18.5 Å². The minimum absolute atomic E-state index is 0.566. The Balaban J connectivity index is 2.08. The molecule has 1 aromatic heterocycles. The number of alkyl halides is 3. The van der Waals surface area contributed by atoms with E-state index < -0.39 is 17.3 Å². The smallest absolute Gasteiger partial charge is 0.343 e. The van der Waals surface area contributed by atoms with Crippen LogP contribution in [0.5, 0.6) is 0 Å². The fraction of sp³-hybridized carbons (Fsp3) is 0.231. The number of hydrogen-bond donors (Lipinski definition) is 1. The van der Waals surface area contributed by atoms with Crippen molar-refractivity contribution in [3.8, 4) is 5.69 Å². The van der Waals surface area contributed by atoms with Crippen molar-refractivity contribution in [2.24, 2.45) is 0 Å². The highest BCUT2D eigenvalue weighted by Gasteiger charge is 2.36. The largest absolute Gasteiger partial charge is 0.399 e. The Morgan fingerprint density at radius 2 is 2.05 bits per heavy atom. The number of nitrogens with one attached hydrogen (secondary N) is 1. The summed E-state index contributed by atoms with van der Waals surface area (Å²) < 4.78 is 27.0. The predicted molar refractivity (Wildman–Crippen MR) is 70.9 cm³/mol. The summed E-state index contributed by atoms with van der Waals surface area (Å²) in [5, 5.41) is -1.75. The first-order chi connectivity index (χ1) is 9.38. The number of imidazole rings is 1. The van der Waals surface area contributed by atoms with E-state index in [9.17, 15) is 13.6 Å². The molecule has 0 saturated carbocycles. The van der Waals surface area contributed by atoms with E-state index in [-0.39, 0.29) is 0 Å². The molecule has 20 heavy (non-hydrogen) atoms. The number of halogens is 3. The number of carbonyl (C=O) groups excluding carboxylic acids is 1. The first kappa shape index (κ1) is 14.5. The summed E-state index contributed by atoms with van der Waals surface area (Å²) in [6, 6.07) is 6.53. The summed E-state index contributed by atoms with van der Waals surface area (Å²) in [4.78, 5) is 15.0. The van der Waals surface area contributed by atoms with Crippen LogP contribution in [0, 0.1) is 0 Å². The molecule has 0 saturated heterocycles. The summed E-state index contributed by atoms with van der Waals surface area (Å²) in [5.74, 6) is -1.51. The normalized spacial score (nSPS) is 13.0. The molecular formula is C13H12ClF2N3O. The number of hydrogen-bond acceptors (Lipinski definition) is 2. The zero-order valence-corrected chi connectivity index (χ0v) is 11.3. The van der Waals surface area contributed by atoms with Crippen LogP contribution in [-0.2, 0) is 4.79 Å². The highest BCUT2D eigenvalue weighted by Crippen LogP contribution is 2.21. The van der Waals surface area contributed by atoms with Gasteiger partial charge in [-0.05, 0) is 36.2 Å². The van der Waals surface area contributed by atoms with Crippen molar-refractivity contribution >= 4 is 17.5 Å². The van der Waals surface area contributed by atoms with Crippen LogP contribution in [-0.4, -0.2) is 20.8 Å². The number of benzene rings is 1. The number of amides is 1. The van der Waals surface area contributed by atoms with Crippen LogP contribution in [0.15, 0.2) is 43.0 Å². The van der Waals surface area contributed by atoms with Gasteiger partial charge in [0.1, 0.15) is 0 Å². The van der Waals surface area contributed by atoms with Crippen molar-refractivity contribution in [3.63, 3.8) is 0 Å². The quantitative estimate of drug-likeness (QED) is 0.883. The maximum absolute atomic E-state index is 12.6. The van der Waals surface area contributed by atoms with Crippen LogP contribution in [0.3, 0.4) is 0 Å². The molecule has 0 spiro atoms. The second kappa shape index (κ2) is 5.58. The van der Waals surface area contributed by atoms with E-state index in [0.717, 1.165) is 5.69 Å². The monoisotopic (exact) mass is 299 g/mol. The van der Waals surface area contributed by atoms with E-state index in [1.54, 1.807) is 54.5 Å². The minimum Gasteiger partial charge on any atom is -0.343 e. The van der Waals surface area contributed by atoms with Crippen LogP contribution in [0.25, 0.3) is 5.69 Å². The molecule has 0 aliphatic heterocycles. The van der Waals surface area contributed by atoms with Gasteiger partial charge in [-0.3, -0.25) is 4.79 Å². The van der Waals surface area contributed by atoms with Crippen molar-refractivity contribution in [2.75, 3.05) is 0 Å². The third-order valence-corrected chi connectivity index (χ3v) is 2.97. The predicted octanol–water partition coefficient (Wildman–Crippen LogP) is 2.88. The molecule has 1 N–H and O–H groups in total. The Hall–Kier alpha value is -1.95. The van der Waals surface area contributed by atoms with Crippen molar-refractivity contribution in [3.05, 3.63) is 48.5 Å². The molecule has 1 amide bonds. The van der Waals surface area contributed by atoms with Crippen molar-refractivity contribution in [2.45, 2.75) is 18.3 Å². The maximum Gasteiger partial charge on any atom is 0.399 e. The second-order valence-corrected chi connectivity index (χ2v) is 4.73. The zero-order chi connectivity index (χ0) is 14.8. The number of aromatic nitrogens is 2. The third kappa shape index (κ3) is 3.33. The number of rotatable bonds is 4. The van der Waals surface area contributed by atoms with Crippen molar-refractivity contribution < 1.29 is 13.6 Å². The van der Waals surface area contributed by atoms with E-state index in [1.807, 2.05) is 0 Å². The lowest BCUT2D eigenvalue weighted by Crippen LogP contribution is -2.37. The molecule has 0 aliphatic rings. The first-order valence-corrected chi connectivity index (χ1v) is 6.21. The summed E-state index contributed by atoms with van der Waals surface area (Å²) in [5.41, 5.74) is 1.58. The van der Waals surface area contributed by atoms with Crippen LogP contribution < -0.4 is 5.32 Å². The highest BCUT2D eigenvalue weighted by molar-refractivity contribution is 6.32. The lowest BCUT2D eigenvalue weighted by molar-refractivity contribution is -0.136. The second-order valence-electron chi connectivity index (χ2n) is 4.25. The van der Waals surface area contributed by atoms with Crippen molar-refractivity contribution in [1.29, 1.82) is 0 Å². The first-order valence-electron chi connectivity index (χ1n) is 5.84. The van der Waals surface area contributed by atoms with Gasteiger partial charge in [0.15, 0.2) is 0 Å². The van der Waals surface area contributed by atoms with Crippen LogP contribution in [0.2, 0.25) is 0 Å². The molecule has 0 aliphatic carbocycles. The fourth-order valence-corrected chi connectivity index (χ4v) is 1.76. The molecule has 1 aromatic carbocycles. The maximum atomic E-state index is 12.6. The fourth-order valence-electron chi connectivity index (χ4n) is 1.71. The molecule has 1 atom stereocenters. The van der Waals surface area contributed by atoms with Crippen LogP contribution in [0.4, 0.5) is 8.78 Å². The average Bonchev–Trinajstić information content (AvgIpc) is 2.91. The third-order valence-electron chi connectivity index (χ3n) is 2.80. The summed E-state index contributed by atoms with van der Waals surface area (Å²) >= 11 is 4.65. The molecular weight excluding hydrogens is 288 g/mol. The SMILES string of the molecule is CC(NC(=O)C(F)(F)Cl)c1ccc(-n2ccnc2)cc1. The summed E-state index contributed by atoms with van der Waals surface area (Å²) in [6.45, 7) is 1.60. The number of nitrogens with zero attached hydrogens (tertiary/aromatic N) is 2. The Kier molecular flexibility index (Phi) is 4.04. The molecule has 0 radical (unpaired) electrons. The molecule has 0 bridgehead atoms. The van der Waals surface area contributed by atoms with Gasteiger partial charge in [0.2, 0.25) is 0 Å². The highest BCUT2D eigenvalue weighted by atomic mass is 35.5. The van der Waals surface area contributed by atoms with Crippen LogP contribution >= 0.6 is 11.6 Å². The molecule has 2 rings (SSSR count). The number of carbonyl (C=O) groups is 1. The Labute approximate surface area is 119 Å². The van der Waals surface area contributed by atoms with E-state index in [0.29, 0.717) is 5.56 Å². The Morgan fingerprint density at radius 1 is 1.40 bits per heavy atom. The lowest BCUT2D eigenvalue weighted by atomic mass is 10.1. The standard InChI is InChI=1S/C13H12ClF2N3O/c1-9(18-12(20)13(14,15)16)10-2-4-11(5-3-10)19-7-6-17-8-19/h2-9H,1H3,(H,18,20). The van der Waals surface area contributed by atoms with Gasteiger partial charge >= 0.3 is 11.3 Å². The molecule has 1 unspecified atom stereocenters. The van der Waals surface area contributed by atoms with E-state index in [2.05, 4.69) is 21.9 Å². The topological polar surface area (TPSA) is 46.9 Å².